The number of hydrogen-bond acceptors (Lipinski definition) is 11. The molecule has 0 heterocycles. The average Bonchev–Trinajstić information content (AvgIpc) is 3.15. The molecule has 0 radical (unpaired) electrons. The van der Waals surface area contributed by atoms with Crippen molar-refractivity contribution in [1.82, 2.24) is 6.15 Å². The van der Waals surface area contributed by atoms with Crippen LogP contribution >= 0.6 is 7.82 Å². The first-order valence-corrected chi connectivity index (χ1v) is 23.3. The summed E-state index contributed by atoms with van der Waals surface area (Å²) in [7, 11) is -3.28. The Kier molecular flexibility index (Phi) is 42.5. The van der Waals surface area contributed by atoms with Gasteiger partial charge in [-0.3, -0.25) is 18.9 Å². The summed E-state index contributed by atoms with van der Waals surface area (Å²) in [4.78, 5) is 49.2. The summed E-state index contributed by atoms with van der Waals surface area (Å²) in [6.45, 7) is 3.73. The first kappa shape index (κ1) is 55.5. The normalized spacial score (nSPS) is 12.8. The highest BCUT2D eigenvalue weighted by Crippen LogP contribution is 2.38. The molecule has 0 aliphatic heterocycles. The summed E-state index contributed by atoms with van der Waals surface area (Å²) >= 11 is 0. The van der Waals surface area contributed by atoms with Crippen LogP contribution in [0.2, 0.25) is 0 Å². The van der Waals surface area contributed by atoms with Crippen LogP contribution in [0.25, 0.3) is 0 Å². The van der Waals surface area contributed by atoms with Crippen molar-refractivity contribution in [2.24, 2.45) is 0 Å². The zero-order valence-corrected chi connectivity index (χ0v) is 36.7. The van der Waals surface area contributed by atoms with Gasteiger partial charge in [0.25, 0.3) is 7.82 Å². The van der Waals surface area contributed by atoms with Crippen molar-refractivity contribution >= 4 is 25.7 Å². The quantitative estimate of drug-likeness (QED) is 0.0268. The lowest BCUT2D eigenvalue weighted by atomic mass is 10.0. The molecular weight excluding hydrogens is 725 g/mol. The number of methoxy groups -OCH3 is 1. The molecule has 0 saturated carbocycles. The fraction of sp³-hybridized carbons (Fsp3) is 0.929. The number of quaternary nitrogens is 1. The number of carbonyl (C=O) groups excluding carboxylic acids is 3. The van der Waals surface area contributed by atoms with Crippen LogP contribution in [-0.2, 0) is 46.9 Å². The van der Waals surface area contributed by atoms with E-state index in [2.05, 4.69) is 13.8 Å². The van der Waals surface area contributed by atoms with Gasteiger partial charge in [-0.2, -0.15) is 0 Å². The van der Waals surface area contributed by atoms with E-state index in [1.165, 1.54) is 123 Å². The number of rotatable bonds is 42. The van der Waals surface area contributed by atoms with E-state index in [-0.39, 0.29) is 58.3 Å². The van der Waals surface area contributed by atoms with Crippen molar-refractivity contribution < 1.29 is 51.8 Å². The minimum absolute atomic E-state index is 0. The lowest BCUT2D eigenvalue weighted by molar-refractivity contribution is -0.228. The van der Waals surface area contributed by atoms with E-state index in [1.807, 2.05) is 0 Å². The Hall–Kier alpha value is -1.56. The van der Waals surface area contributed by atoms with E-state index in [9.17, 15) is 23.8 Å². The second kappa shape index (κ2) is 42.1. The van der Waals surface area contributed by atoms with E-state index in [0.29, 0.717) is 12.8 Å². The molecule has 0 aliphatic rings. The molecule has 1 unspecified atom stereocenters. The summed E-state index contributed by atoms with van der Waals surface area (Å²) in [6, 6.07) is 0. The van der Waals surface area contributed by atoms with Crippen LogP contribution < -0.4 is 11.0 Å². The number of phosphoric ester groups is 1. The first-order valence-electron chi connectivity index (χ1n) is 21.8. The summed E-state index contributed by atoms with van der Waals surface area (Å²) in [6.07, 6.45) is 30.6. The van der Waals surface area contributed by atoms with Crippen molar-refractivity contribution in [3.05, 3.63) is 0 Å². The minimum atomic E-state index is -4.77. The van der Waals surface area contributed by atoms with Gasteiger partial charge in [0.2, 0.25) is 0 Å². The number of phosphoric acid groups is 1. The Bertz CT molecular complexity index is 924. The summed E-state index contributed by atoms with van der Waals surface area (Å²) in [5.41, 5.74) is 0. The van der Waals surface area contributed by atoms with Gasteiger partial charge in [-0.05, 0) is 19.3 Å². The smallest absolute Gasteiger partial charge is 0.306 e. The topological polar surface area (TPSA) is 183 Å². The van der Waals surface area contributed by atoms with Gasteiger partial charge in [0.05, 0.1) is 19.8 Å². The third kappa shape index (κ3) is 41.9. The Labute approximate surface area is 335 Å². The molecule has 0 aliphatic carbocycles. The molecule has 0 fully saturated rings. The van der Waals surface area contributed by atoms with Gasteiger partial charge in [-0.25, -0.2) is 0 Å². The van der Waals surface area contributed by atoms with Crippen LogP contribution in [0.15, 0.2) is 0 Å². The van der Waals surface area contributed by atoms with Gasteiger partial charge < -0.3 is 39.0 Å². The molecule has 0 aromatic heterocycles. The van der Waals surface area contributed by atoms with Crippen LogP contribution in [0, 0.1) is 0 Å². The molecule has 0 spiro atoms. The highest BCUT2D eigenvalue weighted by molar-refractivity contribution is 7.45. The minimum Gasteiger partial charge on any atom is -0.756 e. The second-order valence-corrected chi connectivity index (χ2v) is 16.1. The molecule has 0 aromatic carbocycles. The molecule has 0 amide bonds. The number of ether oxygens (including phenoxy) is 4. The number of hydrogen-bond donors (Lipinski definition) is 1. The molecule has 0 bridgehead atoms. The summed E-state index contributed by atoms with van der Waals surface area (Å²) in [5, 5.41) is 0. The van der Waals surface area contributed by atoms with E-state index >= 15 is 0 Å². The number of carbonyl (C=O) groups is 3. The highest BCUT2D eigenvalue weighted by Gasteiger charge is 2.21. The maximum atomic E-state index is 12.7. The van der Waals surface area contributed by atoms with Crippen molar-refractivity contribution in [3.8, 4) is 0 Å². The number of esters is 3. The third-order valence-electron chi connectivity index (χ3n) is 9.44. The van der Waals surface area contributed by atoms with E-state index in [1.54, 1.807) is 0 Å². The molecule has 0 rings (SSSR count). The molecule has 0 aromatic rings. The molecule has 0 saturated heterocycles. The van der Waals surface area contributed by atoms with Crippen LogP contribution in [0.1, 0.15) is 206 Å². The molecule has 2 atom stereocenters. The summed E-state index contributed by atoms with van der Waals surface area (Å²) < 4.78 is 42.9. The zero-order valence-electron chi connectivity index (χ0n) is 35.8. The largest absolute Gasteiger partial charge is 0.756 e. The standard InChI is InChI=1S/C42H81O11P.H3N/c1-4-6-8-10-12-14-16-18-20-22-24-26-28-31-41(44)50-37-39(38-52-54(46,47)51-34-30-33-40(43)49-36-35-48-3)53-42(45)32-29-27-25-23-21-19-17-15-13-11-9-7-5-2;/h39H,4-38H2,1-3H3,(H,46,47);1H3/t39-;/m1./s1. The lowest BCUT2D eigenvalue weighted by Crippen LogP contribution is -2.30. The van der Waals surface area contributed by atoms with Gasteiger partial charge in [-0.15, -0.1) is 0 Å². The van der Waals surface area contributed by atoms with Gasteiger partial charge in [-0.1, -0.05) is 168 Å². The van der Waals surface area contributed by atoms with Crippen molar-refractivity contribution in [2.75, 3.05) is 40.1 Å². The first-order chi connectivity index (χ1) is 26.2. The van der Waals surface area contributed by atoms with Crippen LogP contribution in [-0.4, -0.2) is 64.2 Å². The molecule has 55 heavy (non-hydrogen) atoms. The molecule has 13 heteroatoms. The Morgan fingerprint density at radius 2 is 0.855 bits per heavy atom. The monoisotopic (exact) mass is 810 g/mol. The SMILES string of the molecule is CCCCCCCCCCCCCCCC(=O)OC[C@H](COP(=O)([O-])OCCCC(=O)OCCOC)OC(=O)CCCCCCCCCCCCCCC.[NH4+]. The van der Waals surface area contributed by atoms with E-state index in [0.717, 1.165) is 38.5 Å². The van der Waals surface area contributed by atoms with E-state index < -0.39 is 38.4 Å². The van der Waals surface area contributed by atoms with Crippen molar-refractivity contribution in [3.63, 3.8) is 0 Å². The highest BCUT2D eigenvalue weighted by atomic mass is 31.2. The van der Waals surface area contributed by atoms with Gasteiger partial charge in [0.15, 0.2) is 6.10 Å². The average molecular weight is 810 g/mol. The predicted octanol–water partition coefficient (Wildman–Crippen LogP) is 11.3. The molecule has 328 valence electrons. The van der Waals surface area contributed by atoms with Crippen molar-refractivity contribution in [2.45, 2.75) is 213 Å². The molecule has 12 nitrogen and oxygen atoms in total. The van der Waals surface area contributed by atoms with Crippen LogP contribution in [0.5, 0.6) is 0 Å². The van der Waals surface area contributed by atoms with Gasteiger partial charge in [0.1, 0.15) is 13.2 Å². The predicted molar refractivity (Wildman–Crippen MR) is 219 cm³/mol. The van der Waals surface area contributed by atoms with Gasteiger partial charge in [0, 0.05) is 26.4 Å². The second-order valence-electron chi connectivity index (χ2n) is 14.7. The van der Waals surface area contributed by atoms with Gasteiger partial charge >= 0.3 is 17.9 Å². The fourth-order valence-electron chi connectivity index (χ4n) is 6.11. The Morgan fingerprint density at radius 1 is 0.473 bits per heavy atom. The number of unbranched alkanes of at least 4 members (excludes halogenated alkanes) is 24. The van der Waals surface area contributed by atoms with E-state index in [4.69, 9.17) is 28.0 Å². The Balaban J connectivity index is 0. The van der Waals surface area contributed by atoms with Crippen molar-refractivity contribution in [1.29, 1.82) is 0 Å². The zero-order chi connectivity index (χ0) is 39.8. The fourth-order valence-corrected chi connectivity index (χ4v) is 6.88. The summed E-state index contributed by atoms with van der Waals surface area (Å²) in [5.74, 6) is -1.41. The molecular formula is C42H84NO11P. The Morgan fingerprint density at radius 3 is 1.29 bits per heavy atom. The molecule has 4 N–H and O–H groups in total. The third-order valence-corrected chi connectivity index (χ3v) is 10.4. The maximum Gasteiger partial charge on any atom is 0.306 e. The van der Waals surface area contributed by atoms with Crippen LogP contribution in [0.3, 0.4) is 0 Å². The van der Waals surface area contributed by atoms with Crippen LogP contribution in [0.4, 0.5) is 0 Å². The maximum absolute atomic E-state index is 12.7. The lowest BCUT2D eigenvalue weighted by Gasteiger charge is -2.25.